The molecule has 0 unspecified atom stereocenters. The molecule has 0 aliphatic carbocycles. The van der Waals surface area contributed by atoms with Gasteiger partial charge >= 0.3 is 0 Å². The van der Waals surface area contributed by atoms with Gasteiger partial charge in [-0.05, 0) is 57.7 Å². The first-order valence-corrected chi connectivity index (χ1v) is 7.68. The summed E-state index contributed by atoms with van der Waals surface area (Å²) in [5, 5.41) is 3.51. The van der Waals surface area contributed by atoms with Gasteiger partial charge in [0.25, 0.3) is 11.8 Å². The lowest BCUT2D eigenvalue weighted by atomic mass is 9.94. The fraction of sp³-hybridized carbons (Fsp3) is 0.529. The van der Waals surface area contributed by atoms with Crippen LogP contribution >= 0.6 is 0 Å². The molecule has 1 fully saturated rings. The highest BCUT2D eigenvalue weighted by atomic mass is 16.2. The Morgan fingerprint density at radius 2 is 1.81 bits per heavy atom. The van der Waals surface area contributed by atoms with Crippen LogP contribution in [0.1, 0.15) is 53.8 Å². The van der Waals surface area contributed by atoms with E-state index in [4.69, 9.17) is 0 Å². The van der Waals surface area contributed by atoms with E-state index < -0.39 is 0 Å². The lowest BCUT2D eigenvalue weighted by Crippen LogP contribution is -2.31. The minimum Gasteiger partial charge on any atom is -0.312 e. The third-order valence-corrected chi connectivity index (χ3v) is 4.54. The number of hydrogen-bond acceptors (Lipinski definition) is 3. The van der Waals surface area contributed by atoms with Crippen LogP contribution in [0.5, 0.6) is 0 Å². The molecular formula is C17H22N2O2. The molecule has 1 atom stereocenters. The molecule has 1 N–H and O–H groups in total. The SMILES string of the molecule is CC1(C)C[C@@H](CCCN2C(=O)c3ccccc3C2=O)CN1. The summed E-state index contributed by atoms with van der Waals surface area (Å²) in [5.41, 5.74) is 1.32. The molecule has 0 aromatic heterocycles. The topological polar surface area (TPSA) is 49.4 Å². The predicted octanol–water partition coefficient (Wildman–Crippen LogP) is 2.45. The van der Waals surface area contributed by atoms with Gasteiger partial charge in [0.2, 0.25) is 0 Å². The van der Waals surface area contributed by atoms with Crippen molar-refractivity contribution in [3.63, 3.8) is 0 Å². The van der Waals surface area contributed by atoms with E-state index in [0.717, 1.165) is 25.8 Å². The number of imide groups is 1. The van der Waals surface area contributed by atoms with Gasteiger partial charge in [-0.15, -0.1) is 0 Å². The summed E-state index contributed by atoms with van der Waals surface area (Å²) in [6, 6.07) is 7.08. The van der Waals surface area contributed by atoms with Crippen molar-refractivity contribution in [3.8, 4) is 0 Å². The first-order valence-electron chi connectivity index (χ1n) is 7.68. The Bertz CT molecular complexity index is 545. The van der Waals surface area contributed by atoms with Gasteiger partial charge in [0.1, 0.15) is 0 Å². The van der Waals surface area contributed by atoms with Crippen molar-refractivity contribution in [3.05, 3.63) is 35.4 Å². The third kappa shape index (κ3) is 2.72. The number of fused-ring (bicyclic) bond motifs is 1. The van der Waals surface area contributed by atoms with E-state index >= 15 is 0 Å². The molecule has 1 aromatic rings. The molecule has 1 saturated heterocycles. The van der Waals surface area contributed by atoms with E-state index in [9.17, 15) is 9.59 Å². The summed E-state index contributed by atoms with van der Waals surface area (Å²) in [5.74, 6) is 0.371. The van der Waals surface area contributed by atoms with E-state index in [2.05, 4.69) is 19.2 Å². The number of amides is 2. The lowest BCUT2D eigenvalue weighted by Gasteiger charge is -2.18. The van der Waals surface area contributed by atoms with Crippen LogP contribution in [0.2, 0.25) is 0 Å². The Hall–Kier alpha value is -1.68. The molecule has 0 spiro atoms. The standard InChI is InChI=1S/C17H22N2O2/c1-17(2)10-12(11-18-17)6-5-9-19-15(20)13-7-3-4-8-14(13)16(19)21/h3-4,7-8,12,18H,5-6,9-11H2,1-2H3/t12-/m1/s1. The average molecular weight is 286 g/mol. The van der Waals surface area contributed by atoms with Crippen LogP contribution in [0, 0.1) is 5.92 Å². The van der Waals surface area contributed by atoms with Gasteiger partial charge in [0, 0.05) is 12.1 Å². The second kappa shape index (κ2) is 5.26. The Kier molecular flexibility index (Phi) is 3.57. The molecule has 0 bridgehead atoms. The zero-order valence-corrected chi connectivity index (χ0v) is 12.7. The highest BCUT2D eigenvalue weighted by Crippen LogP contribution is 2.28. The molecule has 2 amide bonds. The maximum atomic E-state index is 12.2. The van der Waals surface area contributed by atoms with E-state index in [1.807, 2.05) is 0 Å². The van der Waals surface area contributed by atoms with Crippen molar-refractivity contribution < 1.29 is 9.59 Å². The average Bonchev–Trinajstić information content (AvgIpc) is 2.92. The summed E-state index contributed by atoms with van der Waals surface area (Å²) >= 11 is 0. The van der Waals surface area contributed by atoms with Crippen molar-refractivity contribution in [2.45, 2.75) is 38.6 Å². The van der Waals surface area contributed by atoms with Crippen molar-refractivity contribution in [1.82, 2.24) is 10.2 Å². The summed E-state index contributed by atoms with van der Waals surface area (Å²) in [7, 11) is 0. The van der Waals surface area contributed by atoms with E-state index in [-0.39, 0.29) is 17.4 Å². The summed E-state index contributed by atoms with van der Waals surface area (Å²) in [6.45, 7) is 6.01. The fourth-order valence-corrected chi connectivity index (χ4v) is 3.47. The summed E-state index contributed by atoms with van der Waals surface area (Å²) in [6.07, 6.45) is 3.10. The Labute approximate surface area is 125 Å². The van der Waals surface area contributed by atoms with E-state index in [1.54, 1.807) is 24.3 Å². The molecule has 0 saturated carbocycles. The number of hydrogen-bond donors (Lipinski definition) is 1. The normalized spacial score (nSPS) is 23.7. The van der Waals surface area contributed by atoms with Gasteiger partial charge < -0.3 is 5.32 Å². The third-order valence-electron chi connectivity index (χ3n) is 4.54. The molecule has 112 valence electrons. The van der Waals surface area contributed by atoms with Gasteiger partial charge in [0.15, 0.2) is 0 Å². The highest BCUT2D eigenvalue weighted by Gasteiger charge is 2.35. The monoisotopic (exact) mass is 286 g/mol. The molecule has 2 heterocycles. The van der Waals surface area contributed by atoms with Crippen molar-refractivity contribution in [2.75, 3.05) is 13.1 Å². The molecule has 1 aromatic carbocycles. The van der Waals surface area contributed by atoms with Gasteiger partial charge in [-0.1, -0.05) is 12.1 Å². The van der Waals surface area contributed by atoms with Crippen molar-refractivity contribution in [1.29, 1.82) is 0 Å². The molecular weight excluding hydrogens is 264 g/mol. The predicted molar refractivity (Wildman–Crippen MR) is 81.2 cm³/mol. The minimum absolute atomic E-state index is 0.138. The second-order valence-electron chi connectivity index (χ2n) is 6.78. The first-order chi connectivity index (χ1) is 9.98. The zero-order valence-electron chi connectivity index (χ0n) is 12.7. The molecule has 4 heteroatoms. The highest BCUT2D eigenvalue weighted by molar-refractivity contribution is 6.21. The Morgan fingerprint density at radius 3 is 2.33 bits per heavy atom. The lowest BCUT2D eigenvalue weighted by molar-refractivity contribution is 0.0650. The number of carbonyl (C=O) groups is 2. The van der Waals surface area contributed by atoms with Gasteiger partial charge in [-0.3, -0.25) is 14.5 Å². The second-order valence-corrected chi connectivity index (χ2v) is 6.78. The van der Waals surface area contributed by atoms with Gasteiger partial charge in [-0.2, -0.15) is 0 Å². The minimum atomic E-state index is -0.138. The van der Waals surface area contributed by atoms with Crippen LogP contribution in [-0.4, -0.2) is 35.3 Å². The maximum Gasteiger partial charge on any atom is 0.261 e. The Balaban J connectivity index is 1.56. The van der Waals surface area contributed by atoms with Crippen molar-refractivity contribution >= 4 is 11.8 Å². The molecule has 2 aliphatic rings. The molecule has 3 rings (SSSR count). The smallest absolute Gasteiger partial charge is 0.261 e. The fourth-order valence-electron chi connectivity index (χ4n) is 3.47. The zero-order chi connectivity index (χ0) is 15.0. The number of nitrogens with one attached hydrogen (secondary N) is 1. The van der Waals surface area contributed by atoms with Crippen LogP contribution in [0.25, 0.3) is 0 Å². The number of nitrogens with zero attached hydrogens (tertiary/aromatic N) is 1. The number of benzene rings is 1. The molecule has 21 heavy (non-hydrogen) atoms. The van der Waals surface area contributed by atoms with Crippen LogP contribution in [0.15, 0.2) is 24.3 Å². The molecule has 0 radical (unpaired) electrons. The number of rotatable bonds is 4. The van der Waals surface area contributed by atoms with Crippen LogP contribution in [0.4, 0.5) is 0 Å². The largest absolute Gasteiger partial charge is 0.312 e. The molecule has 2 aliphatic heterocycles. The van der Waals surface area contributed by atoms with Crippen molar-refractivity contribution in [2.24, 2.45) is 5.92 Å². The summed E-state index contributed by atoms with van der Waals surface area (Å²) < 4.78 is 0. The Morgan fingerprint density at radius 1 is 1.19 bits per heavy atom. The molecule has 4 nitrogen and oxygen atoms in total. The van der Waals surface area contributed by atoms with Gasteiger partial charge in [0.05, 0.1) is 11.1 Å². The van der Waals surface area contributed by atoms with Crippen LogP contribution in [-0.2, 0) is 0 Å². The van der Waals surface area contributed by atoms with E-state index in [1.165, 1.54) is 4.90 Å². The quantitative estimate of drug-likeness (QED) is 0.865. The van der Waals surface area contributed by atoms with E-state index in [0.29, 0.717) is 23.6 Å². The number of carbonyl (C=O) groups excluding carboxylic acids is 2. The first kappa shape index (κ1) is 14.3. The van der Waals surface area contributed by atoms with Gasteiger partial charge in [-0.25, -0.2) is 0 Å². The summed E-state index contributed by atoms with van der Waals surface area (Å²) in [4.78, 5) is 25.9. The van der Waals surface area contributed by atoms with Crippen LogP contribution < -0.4 is 5.32 Å². The maximum absolute atomic E-state index is 12.2. The van der Waals surface area contributed by atoms with Crippen LogP contribution in [0.3, 0.4) is 0 Å².